The van der Waals surface area contributed by atoms with Crippen molar-refractivity contribution in [3.05, 3.63) is 39.8 Å². The topological polar surface area (TPSA) is 52.6 Å². The van der Waals surface area contributed by atoms with Crippen LogP contribution >= 0.6 is 22.7 Å². The van der Waals surface area contributed by atoms with Gasteiger partial charge in [-0.3, -0.25) is 0 Å². The summed E-state index contributed by atoms with van der Waals surface area (Å²) in [6, 6.07) is 7.85. The Hall–Kier alpha value is -0.930. The first-order chi connectivity index (χ1) is 14.2. The Morgan fingerprint density at radius 3 is 1.52 bits per heavy atom. The van der Waals surface area contributed by atoms with E-state index in [2.05, 4.69) is 0 Å². The predicted molar refractivity (Wildman–Crippen MR) is 111 cm³/mol. The first-order valence-electron chi connectivity index (χ1n) is 10.4. The van der Waals surface area contributed by atoms with Crippen molar-refractivity contribution >= 4 is 34.6 Å². The van der Waals surface area contributed by atoms with Gasteiger partial charge < -0.3 is 9.47 Å². The number of esters is 2. The van der Waals surface area contributed by atoms with Crippen LogP contribution in [0.2, 0.25) is 0 Å². The summed E-state index contributed by atoms with van der Waals surface area (Å²) in [7, 11) is 0. The van der Waals surface area contributed by atoms with Gasteiger partial charge in [-0.15, -0.1) is 0 Å². The van der Waals surface area contributed by atoms with E-state index in [9.17, 15) is 9.59 Å². The second kappa shape index (κ2) is 10.4. The Labute approximate surface area is 190 Å². The van der Waals surface area contributed by atoms with E-state index in [1.54, 1.807) is 0 Å². The Bertz CT molecular complexity index is 763. The summed E-state index contributed by atoms with van der Waals surface area (Å²) in [6.45, 7) is 0. The Morgan fingerprint density at radius 1 is 0.690 bits per heavy atom. The average molecular weight is 545 g/mol. The fourth-order valence-electron chi connectivity index (χ4n) is 3.83. The SMILES string of the molecule is O=C(OC1CCCCC1)c1ccc([I+]c2ccc(C(=O)OC3CCCCC3)s2)s1. The van der Waals surface area contributed by atoms with Gasteiger partial charge in [0.15, 0.2) is 0 Å². The Morgan fingerprint density at radius 2 is 1.10 bits per heavy atom. The molecular formula is C22H26IO4S2+. The highest BCUT2D eigenvalue weighted by Gasteiger charge is 2.27. The van der Waals surface area contributed by atoms with E-state index in [1.807, 2.05) is 24.3 Å². The van der Waals surface area contributed by atoms with Crippen LogP contribution in [0.25, 0.3) is 0 Å². The molecule has 0 unspecified atom stereocenters. The second-order valence-electron chi connectivity index (χ2n) is 7.63. The molecule has 4 nitrogen and oxygen atoms in total. The molecule has 2 aliphatic carbocycles. The summed E-state index contributed by atoms with van der Waals surface area (Å²) in [5.74, 6) is -0.361. The van der Waals surface area contributed by atoms with E-state index in [0.717, 1.165) is 51.4 Å². The molecule has 0 aliphatic heterocycles. The zero-order valence-corrected chi connectivity index (χ0v) is 20.2. The van der Waals surface area contributed by atoms with E-state index in [-0.39, 0.29) is 24.1 Å². The minimum atomic E-state index is -0.401. The van der Waals surface area contributed by atoms with E-state index in [1.165, 1.54) is 41.3 Å². The molecule has 2 aliphatic rings. The van der Waals surface area contributed by atoms with Gasteiger partial charge in [0.25, 0.3) is 0 Å². The van der Waals surface area contributed by atoms with Crippen LogP contribution in [0.4, 0.5) is 0 Å². The molecule has 7 heteroatoms. The molecule has 29 heavy (non-hydrogen) atoms. The number of hydrogen-bond donors (Lipinski definition) is 0. The van der Waals surface area contributed by atoms with E-state index in [4.69, 9.17) is 9.47 Å². The van der Waals surface area contributed by atoms with Crippen LogP contribution in [0.1, 0.15) is 83.6 Å². The van der Waals surface area contributed by atoms with Gasteiger partial charge in [-0.25, -0.2) is 9.59 Å². The summed E-state index contributed by atoms with van der Waals surface area (Å²) in [5, 5.41) is 0. The van der Waals surface area contributed by atoms with Gasteiger partial charge >= 0.3 is 33.1 Å². The third-order valence-electron chi connectivity index (χ3n) is 5.39. The summed E-state index contributed by atoms with van der Waals surface area (Å²) in [4.78, 5) is 26.2. The molecule has 2 heterocycles. The zero-order valence-electron chi connectivity index (χ0n) is 16.4. The lowest BCUT2D eigenvalue weighted by Crippen LogP contribution is -3.61. The van der Waals surface area contributed by atoms with Gasteiger partial charge in [0.2, 0.25) is 5.77 Å². The van der Waals surface area contributed by atoms with Gasteiger partial charge in [-0.2, -0.15) is 0 Å². The van der Waals surface area contributed by atoms with Gasteiger partial charge in [-0.1, -0.05) is 35.5 Å². The van der Waals surface area contributed by atoms with Crippen molar-refractivity contribution in [2.24, 2.45) is 0 Å². The van der Waals surface area contributed by atoms with Gasteiger partial charge in [0.1, 0.15) is 22.0 Å². The number of carbonyl (C=O) groups excluding carboxylic acids is 2. The molecule has 0 atom stereocenters. The molecule has 0 aromatic carbocycles. The smallest absolute Gasteiger partial charge is 0.381 e. The molecule has 2 saturated carbocycles. The third kappa shape index (κ3) is 6.04. The monoisotopic (exact) mass is 545 g/mol. The molecular weight excluding hydrogens is 519 g/mol. The maximum Gasteiger partial charge on any atom is 0.381 e. The van der Waals surface area contributed by atoms with Gasteiger partial charge in [0.05, 0.1) is 0 Å². The summed E-state index contributed by atoms with van der Waals surface area (Å²) in [5.41, 5.74) is 0. The number of rotatable bonds is 6. The van der Waals surface area contributed by atoms with Crippen molar-refractivity contribution in [3.63, 3.8) is 0 Å². The minimum Gasteiger partial charge on any atom is -0.458 e. The van der Waals surface area contributed by atoms with Crippen molar-refractivity contribution in [2.45, 2.75) is 76.4 Å². The van der Waals surface area contributed by atoms with Crippen molar-refractivity contribution < 1.29 is 40.3 Å². The highest BCUT2D eigenvalue weighted by molar-refractivity contribution is 7.12. The van der Waals surface area contributed by atoms with Crippen LogP contribution in [0.5, 0.6) is 0 Å². The van der Waals surface area contributed by atoms with Crippen LogP contribution in [-0.4, -0.2) is 24.1 Å². The lowest BCUT2D eigenvalue weighted by molar-refractivity contribution is -0.585. The van der Waals surface area contributed by atoms with Crippen LogP contribution in [0, 0.1) is 5.77 Å². The fraction of sp³-hybridized carbons (Fsp3) is 0.545. The summed E-state index contributed by atoms with van der Waals surface area (Å²) < 4.78 is 13.8. The molecule has 2 aromatic heterocycles. The minimum absolute atomic E-state index is 0.0894. The Balaban J connectivity index is 1.30. The molecule has 0 saturated heterocycles. The summed E-state index contributed by atoms with van der Waals surface area (Å²) >= 11 is 2.67. The van der Waals surface area contributed by atoms with Gasteiger partial charge in [-0.05, 0) is 63.5 Å². The average Bonchev–Trinajstić information content (AvgIpc) is 3.40. The predicted octanol–water partition coefficient (Wildman–Crippen LogP) is 2.92. The van der Waals surface area contributed by atoms with Crippen LogP contribution < -0.4 is 21.2 Å². The van der Waals surface area contributed by atoms with Crippen LogP contribution in [0.3, 0.4) is 0 Å². The molecule has 0 radical (unpaired) electrons. The van der Waals surface area contributed by atoms with Crippen LogP contribution in [0.15, 0.2) is 24.3 Å². The highest BCUT2D eigenvalue weighted by atomic mass is 127. The Kier molecular flexibility index (Phi) is 7.64. The number of thiophene rings is 2. The third-order valence-corrected chi connectivity index (χ3v) is 11.2. The summed E-state index contributed by atoms with van der Waals surface area (Å²) in [6.07, 6.45) is 11.3. The van der Waals surface area contributed by atoms with E-state index >= 15 is 0 Å². The largest absolute Gasteiger partial charge is 0.458 e. The van der Waals surface area contributed by atoms with E-state index < -0.39 is 21.2 Å². The first kappa shape index (κ1) is 21.3. The maximum atomic E-state index is 12.4. The maximum absolute atomic E-state index is 12.4. The normalized spacial score (nSPS) is 18.5. The molecule has 0 bridgehead atoms. The zero-order chi connectivity index (χ0) is 20.1. The quantitative estimate of drug-likeness (QED) is 0.414. The lowest BCUT2D eigenvalue weighted by atomic mass is 9.98. The molecule has 0 N–H and O–H groups in total. The number of carbonyl (C=O) groups is 2. The molecule has 2 aromatic rings. The van der Waals surface area contributed by atoms with E-state index in [0.29, 0.717) is 9.75 Å². The van der Waals surface area contributed by atoms with Crippen molar-refractivity contribution in [3.8, 4) is 0 Å². The molecule has 156 valence electrons. The number of ether oxygens (including phenoxy) is 2. The lowest BCUT2D eigenvalue weighted by Gasteiger charge is -2.21. The van der Waals surface area contributed by atoms with Crippen molar-refractivity contribution in [2.75, 3.05) is 0 Å². The first-order valence-corrected chi connectivity index (χ1v) is 14.2. The fourth-order valence-corrected chi connectivity index (χ4v) is 9.90. The number of halogens is 1. The molecule has 0 amide bonds. The molecule has 4 rings (SSSR count). The molecule has 2 fully saturated rings. The second-order valence-corrected chi connectivity index (χ2v) is 14.1. The standard InChI is InChI=1S/C22H26IO4S2/c24-21(26-15-7-3-1-4-8-15)17-11-13-19(28-17)23-20-14-12-18(29-20)22(25)27-16-9-5-2-6-10-16/h11-16H,1-10H2/q+1. The molecule has 0 spiro atoms. The van der Waals surface area contributed by atoms with Crippen LogP contribution in [-0.2, 0) is 9.47 Å². The number of hydrogen-bond acceptors (Lipinski definition) is 6. The van der Waals surface area contributed by atoms with Crippen molar-refractivity contribution in [1.82, 2.24) is 0 Å². The van der Waals surface area contributed by atoms with Crippen molar-refractivity contribution in [1.29, 1.82) is 0 Å². The highest BCUT2D eigenvalue weighted by Crippen LogP contribution is 2.23. The van der Waals surface area contributed by atoms with Gasteiger partial charge in [0, 0.05) is 12.1 Å².